The van der Waals surface area contributed by atoms with Crippen LogP contribution in [-0.2, 0) is 0 Å². The molecular formula is C13H16BrN5. The van der Waals surface area contributed by atoms with Crippen molar-refractivity contribution in [2.45, 2.75) is 19.9 Å². The molecule has 2 rings (SSSR count). The Bertz CT molecular complexity index is 592. The van der Waals surface area contributed by atoms with Gasteiger partial charge in [0.15, 0.2) is 5.84 Å². The van der Waals surface area contributed by atoms with Gasteiger partial charge in [-0.05, 0) is 29.8 Å². The highest BCUT2D eigenvalue weighted by atomic mass is 79.9. The summed E-state index contributed by atoms with van der Waals surface area (Å²) in [6.45, 7) is 7.90. The van der Waals surface area contributed by atoms with Crippen molar-refractivity contribution >= 4 is 27.6 Å². The first-order chi connectivity index (χ1) is 9.06. The van der Waals surface area contributed by atoms with E-state index in [4.69, 9.17) is 0 Å². The van der Waals surface area contributed by atoms with Crippen molar-refractivity contribution in [3.8, 4) is 0 Å². The Hall–Kier alpha value is -1.69. The van der Waals surface area contributed by atoms with Crippen LogP contribution in [0.2, 0.25) is 0 Å². The van der Waals surface area contributed by atoms with Gasteiger partial charge < -0.3 is 5.32 Å². The summed E-state index contributed by atoms with van der Waals surface area (Å²) in [5, 5.41) is 7.55. The molecular weight excluding hydrogens is 306 g/mol. The number of halogens is 1. The second-order valence-electron chi connectivity index (χ2n) is 4.36. The quantitative estimate of drug-likeness (QED) is 0.930. The smallest absolute Gasteiger partial charge is 0.174 e. The Morgan fingerprint density at radius 3 is 2.84 bits per heavy atom. The van der Waals surface area contributed by atoms with E-state index in [1.807, 2.05) is 10.9 Å². The number of aromatic nitrogens is 2. The van der Waals surface area contributed by atoms with Crippen molar-refractivity contribution < 1.29 is 0 Å². The van der Waals surface area contributed by atoms with Crippen LogP contribution in [0.25, 0.3) is 0 Å². The lowest BCUT2D eigenvalue weighted by Crippen LogP contribution is -2.19. The normalized spacial score (nSPS) is 19.6. The standard InChI is InChI=1S/C13H16BrN5/c1-5-10(14)11-13(15-4)18-12(17-11)9-6-16-19(7-9)8(2)3/h5-8H,1H2,2-4H3,(H,15,17,18)/b11-10-. The number of allylic oxidation sites excluding steroid dienone is 2. The minimum Gasteiger partial charge on any atom is -0.336 e. The van der Waals surface area contributed by atoms with E-state index < -0.39 is 0 Å². The lowest BCUT2D eigenvalue weighted by molar-refractivity contribution is 0.532. The highest BCUT2D eigenvalue weighted by Crippen LogP contribution is 2.19. The molecule has 0 aromatic carbocycles. The number of rotatable bonds is 3. The number of hydrogen-bond acceptors (Lipinski definition) is 3. The van der Waals surface area contributed by atoms with Crippen molar-refractivity contribution in [2.75, 3.05) is 7.05 Å². The maximum Gasteiger partial charge on any atom is 0.174 e. The molecule has 0 fully saturated rings. The molecule has 1 N–H and O–H groups in total. The van der Waals surface area contributed by atoms with E-state index in [-0.39, 0.29) is 0 Å². The van der Waals surface area contributed by atoms with E-state index >= 15 is 0 Å². The van der Waals surface area contributed by atoms with Crippen molar-refractivity contribution in [3.05, 3.63) is 40.8 Å². The maximum atomic E-state index is 4.47. The summed E-state index contributed by atoms with van der Waals surface area (Å²) in [7, 11) is 1.71. The molecule has 0 unspecified atom stereocenters. The Balaban J connectivity index is 2.35. The molecule has 0 amide bonds. The van der Waals surface area contributed by atoms with Crippen molar-refractivity contribution in [2.24, 2.45) is 9.98 Å². The molecule has 2 heterocycles. The van der Waals surface area contributed by atoms with Gasteiger partial charge in [0.05, 0.1) is 17.5 Å². The van der Waals surface area contributed by atoms with E-state index in [0.717, 1.165) is 21.6 Å². The first kappa shape index (κ1) is 13.7. The zero-order valence-electron chi connectivity index (χ0n) is 11.2. The summed E-state index contributed by atoms with van der Waals surface area (Å²) in [6, 6.07) is 0.324. The Kier molecular flexibility index (Phi) is 3.99. The molecule has 1 aromatic rings. The van der Waals surface area contributed by atoms with Gasteiger partial charge in [0.2, 0.25) is 0 Å². The van der Waals surface area contributed by atoms with E-state index in [0.29, 0.717) is 11.9 Å². The molecule has 0 bridgehead atoms. The molecule has 0 aliphatic carbocycles. The molecule has 1 aromatic heterocycles. The van der Waals surface area contributed by atoms with Gasteiger partial charge in [-0.3, -0.25) is 9.67 Å². The summed E-state index contributed by atoms with van der Waals surface area (Å²) in [5.41, 5.74) is 1.76. The lowest BCUT2D eigenvalue weighted by atomic mass is 10.3. The van der Waals surface area contributed by atoms with Crippen LogP contribution in [0.1, 0.15) is 25.5 Å². The van der Waals surface area contributed by atoms with Crippen LogP contribution in [-0.4, -0.2) is 28.5 Å². The van der Waals surface area contributed by atoms with Gasteiger partial charge in [-0.25, -0.2) is 4.99 Å². The molecule has 0 saturated carbocycles. The molecule has 1 aliphatic heterocycles. The molecule has 0 radical (unpaired) electrons. The third-order valence-electron chi connectivity index (χ3n) is 2.72. The third kappa shape index (κ3) is 2.68. The van der Waals surface area contributed by atoms with Crippen LogP contribution in [0.15, 0.2) is 45.2 Å². The molecule has 0 spiro atoms. The van der Waals surface area contributed by atoms with Crippen molar-refractivity contribution in [3.63, 3.8) is 0 Å². The Morgan fingerprint density at radius 1 is 1.58 bits per heavy atom. The number of amidine groups is 2. The molecule has 0 saturated heterocycles. The van der Waals surface area contributed by atoms with Gasteiger partial charge in [-0.1, -0.05) is 12.7 Å². The van der Waals surface area contributed by atoms with Crippen LogP contribution < -0.4 is 5.32 Å². The largest absolute Gasteiger partial charge is 0.336 e. The van der Waals surface area contributed by atoms with Gasteiger partial charge in [-0.2, -0.15) is 5.10 Å². The van der Waals surface area contributed by atoms with Crippen LogP contribution >= 0.6 is 15.9 Å². The first-order valence-electron chi connectivity index (χ1n) is 5.96. The van der Waals surface area contributed by atoms with E-state index in [1.54, 1.807) is 19.3 Å². The average Bonchev–Trinajstić information content (AvgIpc) is 3.03. The summed E-state index contributed by atoms with van der Waals surface area (Å²) in [6.07, 6.45) is 5.47. The fourth-order valence-corrected chi connectivity index (χ4v) is 1.95. The first-order valence-corrected chi connectivity index (χ1v) is 6.75. The van der Waals surface area contributed by atoms with Crippen LogP contribution in [0.4, 0.5) is 0 Å². The maximum absolute atomic E-state index is 4.47. The lowest BCUT2D eigenvalue weighted by Gasteiger charge is -2.04. The highest BCUT2D eigenvalue weighted by Gasteiger charge is 2.22. The van der Waals surface area contributed by atoms with Crippen LogP contribution in [0.5, 0.6) is 0 Å². The van der Waals surface area contributed by atoms with Gasteiger partial charge in [0.25, 0.3) is 0 Å². The number of hydrogen-bond donors (Lipinski definition) is 1. The van der Waals surface area contributed by atoms with Crippen LogP contribution in [0, 0.1) is 0 Å². The van der Waals surface area contributed by atoms with Gasteiger partial charge >= 0.3 is 0 Å². The van der Waals surface area contributed by atoms with Crippen LogP contribution in [0.3, 0.4) is 0 Å². The number of nitrogens with zero attached hydrogens (tertiary/aromatic N) is 4. The van der Waals surface area contributed by atoms with Crippen molar-refractivity contribution in [1.82, 2.24) is 15.1 Å². The second-order valence-corrected chi connectivity index (χ2v) is 5.22. The fourth-order valence-electron chi connectivity index (χ4n) is 1.67. The van der Waals surface area contributed by atoms with Gasteiger partial charge in [0, 0.05) is 23.8 Å². The summed E-state index contributed by atoms with van der Waals surface area (Å²) >= 11 is 3.44. The summed E-state index contributed by atoms with van der Waals surface area (Å²) in [5.74, 6) is 1.40. The van der Waals surface area contributed by atoms with Crippen molar-refractivity contribution in [1.29, 1.82) is 0 Å². The summed E-state index contributed by atoms with van der Waals surface area (Å²) < 4.78 is 2.73. The Labute approximate surface area is 121 Å². The number of aliphatic imine (C=N–C) groups is 2. The summed E-state index contributed by atoms with van der Waals surface area (Å²) in [4.78, 5) is 8.63. The fraction of sp³-hybridized carbons (Fsp3) is 0.308. The topological polar surface area (TPSA) is 54.6 Å². The molecule has 100 valence electrons. The minimum atomic E-state index is 0.324. The molecule has 6 heteroatoms. The predicted molar refractivity (Wildman–Crippen MR) is 81.8 cm³/mol. The van der Waals surface area contributed by atoms with Gasteiger partial charge in [-0.15, -0.1) is 0 Å². The molecule has 5 nitrogen and oxygen atoms in total. The molecule has 1 aliphatic rings. The van der Waals surface area contributed by atoms with E-state index in [1.165, 1.54) is 0 Å². The SMILES string of the molecule is C=C/C(Br)=C1/NC(c2cnn(C(C)C)c2)=NC1=NC. The average molecular weight is 322 g/mol. The Morgan fingerprint density at radius 2 is 2.32 bits per heavy atom. The highest BCUT2D eigenvalue weighted by molar-refractivity contribution is 9.11. The zero-order valence-corrected chi connectivity index (χ0v) is 12.8. The van der Waals surface area contributed by atoms with E-state index in [2.05, 4.69) is 56.8 Å². The second kappa shape index (κ2) is 5.52. The van der Waals surface area contributed by atoms with Gasteiger partial charge in [0.1, 0.15) is 5.84 Å². The third-order valence-corrected chi connectivity index (χ3v) is 3.44. The predicted octanol–water partition coefficient (Wildman–Crippen LogP) is 2.63. The minimum absolute atomic E-state index is 0.324. The monoisotopic (exact) mass is 321 g/mol. The van der Waals surface area contributed by atoms with E-state index in [9.17, 15) is 0 Å². The molecule has 19 heavy (non-hydrogen) atoms. The number of nitrogens with one attached hydrogen (secondary N) is 1. The molecule has 0 atom stereocenters. The zero-order chi connectivity index (χ0) is 14.0.